The van der Waals surface area contributed by atoms with Crippen LogP contribution in [0.3, 0.4) is 0 Å². The van der Waals surface area contributed by atoms with Gasteiger partial charge in [-0.3, -0.25) is 0 Å². The van der Waals surface area contributed by atoms with Crippen molar-refractivity contribution >= 4 is 6.09 Å². The Balaban J connectivity index is 2.44. The Kier molecular flexibility index (Phi) is 4.36. The summed E-state index contributed by atoms with van der Waals surface area (Å²) in [5, 5.41) is 12.9. The van der Waals surface area contributed by atoms with Crippen molar-refractivity contribution in [2.45, 2.75) is 24.7 Å². The Bertz CT molecular complexity index is 247. The van der Waals surface area contributed by atoms with Crippen LogP contribution in [0.15, 0.2) is 0 Å². The molecule has 0 aromatic carbocycles. The van der Waals surface area contributed by atoms with Crippen LogP contribution in [0.5, 0.6) is 0 Å². The van der Waals surface area contributed by atoms with Crippen LogP contribution in [0, 0.1) is 0 Å². The summed E-state index contributed by atoms with van der Waals surface area (Å²) in [6.07, 6.45) is -5.20. The smallest absolute Gasteiger partial charge is 0.404 e. The van der Waals surface area contributed by atoms with Crippen LogP contribution in [-0.4, -0.2) is 49.2 Å². The maximum Gasteiger partial charge on any atom is 0.404 e. The van der Waals surface area contributed by atoms with Crippen LogP contribution < -0.4 is 10.6 Å². The standard InChI is InChI=1S/C8H13F3N2O3/c9-8(10,11)4-12-6-3-16-2-1-5(6)13-7(14)15/h5-6,12-13H,1-4H2,(H,14,15)/t5-,6-/m1/s1. The van der Waals surface area contributed by atoms with Crippen LogP contribution in [0.2, 0.25) is 0 Å². The van der Waals surface area contributed by atoms with E-state index in [0.29, 0.717) is 13.0 Å². The van der Waals surface area contributed by atoms with Crippen molar-refractivity contribution in [3.05, 3.63) is 0 Å². The molecule has 0 aliphatic carbocycles. The fourth-order valence-corrected chi connectivity index (χ4v) is 1.52. The second-order valence-corrected chi connectivity index (χ2v) is 3.52. The summed E-state index contributed by atoms with van der Waals surface area (Å²) in [6.45, 7) is -0.741. The third-order valence-corrected chi connectivity index (χ3v) is 2.23. The summed E-state index contributed by atoms with van der Waals surface area (Å²) < 4.78 is 40.9. The van der Waals surface area contributed by atoms with E-state index in [9.17, 15) is 18.0 Å². The summed E-state index contributed by atoms with van der Waals surface area (Å²) in [4.78, 5) is 10.4. The van der Waals surface area contributed by atoms with Crippen molar-refractivity contribution in [2.24, 2.45) is 0 Å². The van der Waals surface area contributed by atoms with Gasteiger partial charge in [0.25, 0.3) is 0 Å². The summed E-state index contributed by atoms with van der Waals surface area (Å²) in [6, 6.07) is -1.19. The molecule has 0 aromatic heterocycles. The van der Waals surface area contributed by atoms with Crippen LogP contribution in [0.1, 0.15) is 6.42 Å². The molecule has 1 aliphatic heterocycles. The van der Waals surface area contributed by atoms with E-state index in [0.717, 1.165) is 0 Å². The molecule has 0 saturated carbocycles. The molecule has 1 aliphatic rings. The van der Waals surface area contributed by atoms with Crippen molar-refractivity contribution in [2.75, 3.05) is 19.8 Å². The van der Waals surface area contributed by atoms with Gasteiger partial charge >= 0.3 is 12.3 Å². The van der Waals surface area contributed by atoms with Crippen molar-refractivity contribution in [1.82, 2.24) is 10.6 Å². The number of carboxylic acid groups (broad SMARTS) is 1. The van der Waals surface area contributed by atoms with Gasteiger partial charge in [-0.2, -0.15) is 13.2 Å². The Hall–Kier alpha value is -1.02. The second kappa shape index (κ2) is 5.35. The van der Waals surface area contributed by atoms with Gasteiger partial charge in [-0.05, 0) is 6.42 Å². The molecule has 1 rings (SSSR count). The van der Waals surface area contributed by atoms with Crippen LogP contribution in [0.25, 0.3) is 0 Å². The van der Waals surface area contributed by atoms with Gasteiger partial charge in [0.2, 0.25) is 0 Å². The van der Waals surface area contributed by atoms with Gasteiger partial charge in [-0.25, -0.2) is 4.79 Å². The van der Waals surface area contributed by atoms with E-state index in [1.165, 1.54) is 0 Å². The molecule has 1 fully saturated rings. The topological polar surface area (TPSA) is 70.6 Å². The lowest BCUT2D eigenvalue weighted by atomic mass is 10.0. The Morgan fingerprint density at radius 2 is 2.12 bits per heavy atom. The third-order valence-electron chi connectivity index (χ3n) is 2.23. The highest BCUT2D eigenvalue weighted by Gasteiger charge is 2.32. The largest absolute Gasteiger partial charge is 0.465 e. The van der Waals surface area contributed by atoms with E-state index in [2.05, 4.69) is 10.6 Å². The minimum absolute atomic E-state index is 0.0705. The van der Waals surface area contributed by atoms with Gasteiger partial charge in [-0.1, -0.05) is 0 Å². The first-order chi connectivity index (χ1) is 7.38. The van der Waals surface area contributed by atoms with Gasteiger partial charge in [0.05, 0.1) is 25.2 Å². The molecule has 0 unspecified atom stereocenters. The molecule has 5 nitrogen and oxygen atoms in total. The third kappa shape index (κ3) is 4.67. The summed E-state index contributed by atoms with van der Waals surface area (Å²) in [5.74, 6) is 0. The Labute approximate surface area is 90.0 Å². The molecule has 0 spiro atoms. The predicted molar refractivity (Wildman–Crippen MR) is 48.2 cm³/mol. The lowest BCUT2D eigenvalue weighted by molar-refractivity contribution is -0.128. The zero-order valence-electron chi connectivity index (χ0n) is 8.38. The zero-order chi connectivity index (χ0) is 12.2. The van der Waals surface area contributed by atoms with Gasteiger partial charge in [-0.15, -0.1) is 0 Å². The van der Waals surface area contributed by atoms with E-state index in [1.807, 2.05) is 0 Å². The summed E-state index contributed by atoms with van der Waals surface area (Å²) in [5.41, 5.74) is 0. The molecule has 1 heterocycles. The minimum atomic E-state index is -4.31. The van der Waals surface area contributed by atoms with Crippen molar-refractivity contribution in [1.29, 1.82) is 0 Å². The average Bonchev–Trinajstić information content (AvgIpc) is 2.14. The highest BCUT2D eigenvalue weighted by atomic mass is 19.4. The lowest BCUT2D eigenvalue weighted by Crippen LogP contribution is -2.56. The van der Waals surface area contributed by atoms with E-state index >= 15 is 0 Å². The van der Waals surface area contributed by atoms with Crippen molar-refractivity contribution in [3.8, 4) is 0 Å². The number of carbonyl (C=O) groups is 1. The Morgan fingerprint density at radius 3 is 2.69 bits per heavy atom. The quantitative estimate of drug-likeness (QED) is 0.676. The van der Waals surface area contributed by atoms with E-state index < -0.39 is 30.9 Å². The number of hydrogen-bond donors (Lipinski definition) is 3. The number of ether oxygens (including phenoxy) is 1. The zero-order valence-corrected chi connectivity index (χ0v) is 8.38. The lowest BCUT2D eigenvalue weighted by Gasteiger charge is -2.32. The monoisotopic (exact) mass is 242 g/mol. The number of amides is 1. The normalized spacial score (nSPS) is 26.4. The highest BCUT2D eigenvalue weighted by molar-refractivity contribution is 5.65. The maximum atomic E-state index is 12.0. The van der Waals surface area contributed by atoms with Crippen LogP contribution in [-0.2, 0) is 4.74 Å². The molecule has 1 amide bonds. The maximum absolute atomic E-state index is 12.0. The van der Waals surface area contributed by atoms with Gasteiger partial charge in [0.1, 0.15) is 0 Å². The van der Waals surface area contributed by atoms with Gasteiger partial charge < -0.3 is 20.5 Å². The number of nitrogens with one attached hydrogen (secondary N) is 2. The van der Waals surface area contributed by atoms with Gasteiger partial charge in [0.15, 0.2) is 0 Å². The van der Waals surface area contributed by atoms with E-state index in [4.69, 9.17) is 9.84 Å². The number of hydrogen-bond acceptors (Lipinski definition) is 3. The molecule has 94 valence electrons. The molecular weight excluding hydrogens is 229 g/mol. The molecule has 0 radical (unpaired) electrons. The number of rotatable bonds is 3. The van der Waals surface area contributed by atoms with Crippen molar-refractivity contribution < 1.29 is 27.8 Å². The highest BCUT2D eigenvalue weighted by Crippen LogP contribution is 2.14. The molecule has 8 heteroatoms. The summed E-state index contributed by atoms with van der Waals surface area (Å²) >= 11 is 0. The molecule has 2 atom stereocenters. The van der Waals surface area contributed by atoms with Gasteiger partial charge in [0, 0.05) is 6.61 Å². The molecular formula is C8H13F3N2O3. The Morgan fingerprint density at radius 1 is 1.44 bits per heavy atom. The van der Waals surface area contributed by atoms with Crippen LogP contribution >= 0.6 is 0 Å². The molecule has 0 aromatic rings. The minimum Gasteiger partial charge on any atom is -0.465 e. The average molecular weight is 242 g/mol. The van der Waals surface area contributed by atoms with E-state index in [-0.39, 0.29) is 6.61 Å². The first-order valence-electron chi connectivity index (χ1n) is 4.76. The SMILES string of the molecule is O=C(O)N[C@@H]1CCOC[C@H]1NCC(F)(F)F. The first kappa shape index (κ1) is 13.0. The fraction of sp³-hybridized carbons (Fsp3) is 0.875. The number of halogens is 3. The second-order valence-electron chi connectivity index (χ2n) is 3.52. The molecule has 0 bridgehead atoms. The molecule has 16 heavy (non-hydrogen) atoms. The fourth-order valence-electron chi connectivity index (χ4n) is 1.52. The summed E-state index contributed by atoms with van der Waals surface area (Å²) in [7, 11) is 0. The van der Waals surface area contributed by atoms with Crippen LogP contribution in [0.4, 0.5) is 18.0 Å². The number of alkyl halides is 3. The van der Waals surface area contributed by atoms with Crippen molar-refractivity contribution in [3.63, 3.8) is 0 Å². The molecule has 3 N–H and O–H groups in total. The molecule has 1 saturated heterocycles. The first-order valence-corrected chi connectivity index (χ1v) is 4.76. The van der Waals surface area contributed by atoms with E-state index in [1.54, 1.807) is 0 Å². The predicted octanol–water partition coefficient (Wildman–Crippen LogP) is 0.563.